The van der Waals surface area contributed by atoms with Crippen molar-refractivity contribution in [3.05, 3.63) is 45.5 Å². The molecule has 1 saturated heterocycles. The Kier molecular flexibility index (Phi) is 6.43. The third-order valence-corrected chi connectivity index (χ3v) is 6.48. The van der Waals surface area contributed by atoms with Crippen molar-refractivity contribution in [3.8, 4) is 17.3 Å². The second-order valence-corrected chi connectivity index (χ2v) is 8.58. The molecule has 0 amide bonds. The van der Waals surface area contributed by atoms with Crippen LogP contribution in [0.15, 0.2) is 28.5 Å². The van der Waals surface area contributed by atoms with E-state index in [0.29, 0.717) is 36.2 Å². The highest BCUT2D eigenvalue weighted by Gasteiger charge is 2.35. The Labute approximate surface area is 191 Å². The fourth-order valence-corrected chi connectivity index (χ4v) is 4.68. The fraction of sp³-hybridized carbons (Fsp3) is 0.455. The summed E-state index contributed by atoms with van der Waals surface area (Å²) in [6.45, 7) is 7.73. The van der Waals surface area contributed by atoms with Gasteiger partial charge in [0.15, 0.2) is 5.13 Å². The lowest BCUT2D eigenvalue weighted by Gasteiger charge is -2.22. The number of methoxy groups -OCH3 is 1. The zero-order valence-corrected chi connectivity index (χ0v) is 19.8. The molecule has 10 heteroatoms. The highest BCUT2D eigenvalue weighted by atomic mass is 32.1. The van der Waals surface area contributed by atoms with Crippen molar-refractivity contribution >= 4 is 22.2 Å². The summed E-state index contributed by atoms with van der Waals surface area (Å²) in [5.41, 5.74) is 2.54. The van der Waals surface area contributed by atoms with Crippen molar-refractivity contribution in [1.82, 2.24) is 19.5 Å². The number of rotatable bonds is 7. The Morgan fingerprint density at radius 1 is 1.22 bits per heavy atom. The van der Waals surface area contributed by atoms with Crippen LogP contribution in [0.1, 0.15) is 18.3 Å². The largest absolute Gasteiger partial charge is 0.481 e. The quantitative estimate of drug-likeness (QED) is 0.580. The molecule has 1 unspecified atom stereocenters. The molecule has 1 aliphatic heterocycles. The second kappa shape index (κ2) is 9.25. The Balaban J connectivity index is 1.64. The van der Waals surface area contributed by atoms with Gasteiger partial charge in [0, 0.05) is 50.0 Å². The number of aromatic nitrogens is 4. The van der Waals surface area contributed by atoms with E-state index in [1.54, 1.807) is 42.3 Å². The second-order valence-electron chi connectivity index (χ2n) is 7.71. The van der Waals surface area contributed by atoms with Crippen molar-refractivity contribution in [1.29, 1.82) is 0 Å². The van der Waals surface area contributed by atoms with E-state index in [0.717, 1.165) is 22.9 Å². The number of aryl methyl sites for hydroxylation is 2. The highest BCUT2D eigenvalue weighted by molar-refractivity contribution is 7.13. The number of ether oxygens (including phenoxy) is 2. The normalized spacial score (nSPS) is 18.2. The summed E-state index contributed by atoms with van der Waals surface area (Å²) in [5.74, 6) is 1.10. The average molecular weight is 457 g/mol. The summed E-state index contributed by atoms with van der Waals surface area (Å²) >= 11 is 1.60. The molecule has 32 heavy (non-hydrogen) atoms. The standard InChI is InChI=1S/C22H28N6O3S/c1-6-31-17-12-28(22-23-9-10-32-22)11-16(17)26-19-14(3)25-20(27(4)21(19)29)15-7-8-18(30-5)24-13(15)2/h7-10,16-17,26H,6,11-12H2,1-5H3/t16?,17-/m0/s1. The van der Waals surface area contributed by atoms with Gasteiger partial charge in [-0.1, -0.05) is 0 Å². The Morgan fingerprint density at radius 2 is 2.03 bits per heavy atom. The van der Waals surface area contributed by atoms with Gasteiger partial charge in [-0.05, 0) is 26.8 Å². The summed E-state index contributed by atoms with van der Waals surface area (Å²) in [6.07, 6.45) is 1.75. The van der Waals surface area contributed by atoms with Crippen LogP contribution in [0.5, 0.6) is 5.88 Å². The zero-order valence-electron chi connectivity index (χ0n) is 19.0. The number of anilines is 2. The smallest absolute Gasteiger partial charge is 0.277 e. The van der Waals surface area contributed by atoms with Crippen LogP contribution in [0.4, 0.5) is 10.8 Å². The van der Waals surface area contributed by atoms with Crippen molar-refractivity contribution in [2.24, 2.45) is 7.05 Å². The van der Waals surface area contributed by atoms with Crippen LogP contribution in [-0.2, 0) is 11.8 Å². The maximum absolute atomic E-state index is 13.3. The summed E-state index contributed by atoms with van der Waals surface area (Å²) in [5, 5.41) is 6.36. The monoisotopic (exact) mass is 456 g/mol. The van der Waals surface area contributed by atoms with Gasteiger partial charge in [0.1, 0.15) is 11.5 Å². The molecular weight excluding hydrogens is 428 g/mol. The minimum absolute atomic E-state index is 0.0534. The van der Waals surface area contributed by atoms with Gasteiger partial charge in [-0.2, -0.15) is 0 Å². The average Bonchev–Trinajstić information content (AvgIpc) is 3.44. The van der Waals surface area contributed by atoms with E-state index in [2.05, 4.69) is 20.2 Å². The summed E-state index contributed by atoms with van der Waals surface area (Å²) in [7, 11) is 3.31. The lowest BCUT2D eigenvalue weighted by molar-refractivity contribution is 0.0720. The van der Waals surface area contributed by atoms with Gasteiger partial charge in [-0.3, -0.25) is 9.36 Å². The van der Waals surface area contributed by atoms with Gasteiger partial charge in [-0.15, -0.1) is 11.3 Å². The molecule has 0 radical (unpaired) electrons. The van der Waals surface area contributed by atoms with Gasteiger partial charge in [0.25, 0.3) is 5.56 Å². The van der Waals surface area contributed by atoms with Crippen molar-refractivity contribution in [3.63, 3.8) is 0 Å². The van der Waals surface area contributed by atoms with Crippen LogP contribution < -0.4 is 20.5 Å². The number of nitrogens with zero attached hydrogens (tertiary/aromatic N) is 5. The zero-order chi connectivity index (χ0) is 22.8. The predicted octanol–water partition coefficient (Wildman–Crippen LogP) is 2.63. The molecule has 0 aliphatic carbocycles. The van der Waals surface area contributed by atoms with Gasteiger partial charge in [0.05, 0.1) is 30.6 Å². The van der Waals surface area contributed by atoms with E-state index >= 15 is 0 Å². The van der Waals surface area contributed by atoms with Gasteiger partial charge in [0.2, 0.25) is 5.88 Å². The van der Waals surface area contributed by atoms with Crippen LogP contribution in [0, 0.1) is 13.8 Å². The molecule has 1 N–H and O–H groups in total. The van der Waals surface area contributed by atoms with Gasteiger partial charge >= 0.3 is 0 Å². The first-order valence-corrected chi connectivity index (χ1v) is 11.4. The van der Waals surface area contributed by atoms with Crippen LogP contribution in [0.25, 0.3) is 11.4 Å². The Hall–Kier alpha value is -2.98. The van der Waals surface area contributed by atoms with Crippen LogP contribution in [0.2, 0.25) is 0 Å². The maximum atomic E-state index is 13.3. The molecule has 1 aliphatic rings. The van der Waals surface area contributed by atoms with E-state index < -0.39 is 0 Å². The molecular formula is C22H28N6O3S. The Bertz CT molecular complexity index is 1150. The van der Waals surface area contributed by atoms with Crippen molar-refractivity contribution < 1.29 is 9.47 Å². The van der Waals surface area contributed by atoms with Crippen LogP contribution in [-0.4, -0.2) is 58.5 Å². The molecule has 3 aromatic heterocycles. The number of pyridine rings is 1. The summed E-state index contributed by atoms with van der Waals surface area (Å²) in [6, 6.07) is 3.60. The number of nitrogens with one attached hydrogen (secondary N) is 1. The minimum atomic E-state index is -0.134. The molecule has 0 aromatic carbocycles. The number of thiazole rings is 1. The van der Waals surface area contributed by atoms with Crippen molar-refractivity contribution in [2.45, 2.75) is 32.9 Å². The maximum Gasteiger partial charge on any atom is 0.277 e. The minimum Gasteiger partial charge on any atom is -0.481 e. The third kappa shape index (κ3) is 4.20. The molecule has 0 bridgehead atoms. The molecule has 3 aromatic rings. The topological polar surface area (TPSA) is 94.4 Å². The number of hydrogen-bond acceptors (Lipinski definition) is 9. The molecule has 4 rings (SSSR count). The fourth-order valence-electron chi connectivity index (χ4n) is 4.01. The third-order valence-electron chi connectivity index (χ3n) is 5.65. The first-order valence-electron chi connectivity index (χ1n) is 10.5. The van der Waals surface area contributed by atoms with E-state index in [9.17, 15) is 4.79 Å². The lowest BCUT2D eigenvalue weighted by Crippen LogP contribution is -2.38. The van der Waals surface area contributed by atoms with E-state index in [1.165, 1.54) is 0 Å². The molecule has 0 spiro atoms. The van der Waals surface area contributed by atoms with Gasteiger partial charge < -0.3 is 19.7 Å². The first kappa shape index (κ1) is 22.2. The summed E-state index contributed by atoms with van der Waals surface area (Å²) in [4.78, 5) is 29.1. The molecule has 9 nitrogen and oxygen atoms in total. The Morgan fingerprint density at radius 3 is 2.69 bits per heavy atom. The SMILES string of the molecule is CCO[C@H]1CN(c2nccs2)CC1Nc1c(C)nc(-c2ccc(OC)nc2C)n(C)c1=O. The first-order chi connectivity index (χ1) is 15.4. The molecule has 2 atom stereocenters. The molecule has 1 fully saturated rings. The van der Waals surface area contributed by atoms with Gasteiger partial charge in [-0.25, -0.2) is 15.0 Å². The van der Waals surface area contributed by atoms with E-state index in [-0.39, 0.29) is 17.7 Å². The molecule has 4 heterocycles. The van der Waals surface area contributed by atoms with E-state index in [1.807, 2.05) is 32.2 Å². The van der Waals surface area contributed by atoms with E-state index in [4.69, 9.17) is 14.5 Å². The molecule has 0 saturated carbocycles. The highest BCUT2D eigenvalue weighted by Crippen LogP contribution is 2.27. The number of hydrogen-bond donors (Lipinski definition) is 1. The van der Waals surface area contributed by atoms with Crippen LogP contribution >= 0.6 is 11.3 Å². The van der Waals surface area contributed by atoms with Crippen molar-refractivity contribution in [2.75, 3.05) is 37.0 Å². The predicted molar refractivity (Wildman–Crippen MR) is 126 cm³/mol. The lowest BCUT2D eigenvalue weighted by atomic mass is 10.1. The van der Waals surface area contributed by atoms with Crippen LogP contribution in [0.3, 0.4) is 0 Å². The molecule has 170 valence electrons. The summed E-state index contributed by atoms with van der Waals surface area (Å²) < 4.78 is 12.7.